The summed E-state index contributed by atoms with van der Waals surface area (Å²) < 4.78 is 0. The summed E-state index contributed by atoms with van der Waals surface area (Å²) in [6.07, 6.45) is 4.72. The van der Waals surface area contributed by atoms with Gasteiger partial charge in [0.1, 0.15) is 0 Å². The van der Waals surface area contributed by atoms with E-state index in [1.54, 1.807) is 0 Å². The highest BCUT2D eigenvalue weighted by Gasteiger charge is 2.42. The topological polar surface area (TPSA) is 82.3 Å². The van der Waals surface area contributed by atoms with Gasteiger partial charge in [-0.15, -0.1) is 0 Å². The third kappa shape index (κ3) is 3.83. The molecule has 4 N–H and O–H groups in total. The van der Waals surface area contributed by atoms with Crippen LogP contribution in [0, 0.1) is 0 Å². The number of urea groups is 1. The molecule has 7 heteroatoms. The number of nitrogens with one attached hydrogen (secondary N) is 4. The molecule has 3 heterocycles. The molecule has 0 aliphatic carbocycles. The minimum Gasteiger partial charge on any atom is -0.352 e. The van der Waals surface area contributed by atoms with Crippen molar-refractivity contribution in [2.75, 3.05) is 18.8 Å². The first-order chi connectivity index (χ1) is 10.2. The maximum absolute atomic E-state index is 11.8. The number of carbonyl (C=O) groups excluding carboxylic acids is 2. The van der Waals surface area contributed by atoms with Crippen molar-refractivity contribution in [2.45, 2.75) is 55.5 Å². The van der Waals surface area contributed by atoms with Gasteiger partial charge in [0.2, 0.25) is 5.91 Å². The second kappa shape index (κ2) is 6.87. The number of unbranched alkanes of at least 4 members (excludes halogenated alkanes) is 1. The minimum absolute atomic E-state index is 0.0279. The lowest BCUT2D eigenvalue weighted by Crippen LogP contribution is -2.37. The Bertz CT molecular complexity index is 400. The molecule has 0 bridgehead atoms. The van der Waals surface area contributed by atoms with Gasteiger partial charge in [0, 0.05) is 30.0 Å². The molecule has 3 saturated heterocycles. The zero-order chi connectivity index (χ0) is 14.7. The molecule has 3 fully saturated rings. The minimum atomic E-state index is -0.0279. The molecular weight excluding hydrogens is 288 g/mol. The molecule has 118 valence electrons. The van der Waals surface area contributed by atoms with Gasteiger partial charge in [-0.25, -0.2) is 4.79 Å². The van der Waals surface area contributed by atoms with Crippen molar-refractivity contribution < 1.29 is 9.59 Å². The smallest absolute Gasteiger partial charge is 0.315 e. The van der Waals surface area contributed by atoms with Gasteiger partial charge in [0.05, 0.1) is 12.1 Å². The van der Waals surface area contributed by atoms with E-state index in [0.29, 0.717) is 23.8 Å². The average molecular weight is 312 g/mol. The van der Waals surface area contributed by atoms with E-state index in [4.69, 9.17) is 0 Å². The first-order valence-corrected chi connectivity index (χ1v) is 8.96. The highest BCUT2D eigenvalue weighted by molar-refractivity contribution is 8.00. The quantitative estimate of drug-likeness (QED) is 0.417. The van der Waals surface area contributed by atoms with Gasteiger partial charge in [-0.05, 0) is 25.8 Å². The van der Waals surface area contributed by atoms with E-state index >= 15 is 0 Å². The number of fused-ring (bicyclic) bond motifs is 1. The highest BCUT2D eigenvalue weighted by Crippen LogP contribution is 2.33. The van der Waals surface area contributed by atoms with Crippen LogP contribution in [0.3, 0.4) is 0 Å². The molecule has 0 unspecified atom stereocenters. The molecule has 0 saturated carbocycles. The van der Waals surface area contributed by atoms with Crippen LogP contribution in [0.5, 0.6) is 0 Å². The van der Waals surface area contributed by atoms with Gasteiger partial charge >= 0.3 is 6.03 Å². The summed E-state index contributed by atoms with van der Waals surface area (Å²) in [5.41, 5.74) is 0. The third-order valence-corrected chi connectivity index (χ3v) is 6.01. The van der Waals surface area contributed by atoms with Crippen LogP contribution in [0.15, 0.2) is 0 Å². The van der Waals surface area contributed by atoms with Crippen molar-refractivity contribution in [1.29, 1.82) is 0 Å². The van der Waals surface area contributed by atoms with Crippen molar-refractivity contribution in [3.05, 3.63) is 0 Å². The maximum atomic E-state index is 11.8. The molecule has 3 amide bonds. The number of carbonyl (C=O) groups is 2. The summed E-state index contributed by atoms with van der Waals surface area (Å²) in [4.78, 5) is 23.1. The Labute approximate surface area is 129 Å². The Hall–Kier alpha value is -0.950. The molecule has 0 aromatic carbocycles. The number of amides is 3. The van der Waals surface area contributed by atoms with Crippen molar-refractivity contribution in [1.82, 2.24) is 21.3 Å². The fraction of sp³-hybridized carbons (Fsp3) is 0.857. The van der Waals surface area contributed by atoms with Crippen LogP contribution in [0.2, 0.25) is 0 Å². The molecule has 0 radical (unpaired) electrons. The van der Waals surface area contributed by atoms with Gasteiger partial charge in [-0.2, -0.15) is 11.8 Å². The first kappa shape index (κ1) is 15.0. The number of hydrogen-bond donors (Lipinski definition) is 4. The molecule has 3 aliphatic rings. The van der Waals surface area contributed by atoms with Gasteiger partial charge < -0.3 is 21.3 Å². The normalized spacial score (nSPS) is 34.4. The Morgan fingerprint density at radius 2 is 2.24 bits per heavy atom. The zero-order valence-corrected chi connectivity index (χ0v) is 13.0. The second-order valence-corrected chi connectivity index (χ2v) is 7.40. The molecule has 0 aromatic heterocycles. The van der Waals surface area contributed by atoms with Crippen LogP contribution in [0.4, 0.5) is 4.79 Å². The maximum Gasteiger partial charge on any atom is 0.315 e. The van der Waals surface area contributed by atoms with Crippen LogP contribution < -0.4 is 21.3 Å². The van der Waals surface area contributed by atoms with Crippen LogP contribution in [0.25, 0.3) is 0 Å². The number of rotatable bonds is 6. The summed E-state index contributed by atoms with van der Waals surface area (Å²) >= 11 is 1.94. The lowest BCUT2D eigenvalue weighted by atomic mass is 10.0. The van der Waals surface area contributed by atoms with Crippen LogP contribution in [-0.2, 0) is 4.79 Å². The fourth-order valence-electron chi connectivity index (χ4n) is 3.35. The molecule has 4 atom stereocenters. The summed E-state index contributed by atoms with van der Waals surface area (Å²) in [7, 11) is 0. The average Bonchev–Trinajstić information content (AvgIpc) is 3.13. The van der Waals surface area contributed by atoms with Crippen molar-refractivity contribution in [3.8, 4) is 0 Å². The van der Waals surface area contributed by atoms with Crippen molar-refractivity contribution >= 4 is 23.7 Å². The number of thioether (sulfide) groups is 1. The predicted octanol–water partition coefficient (Wildman–Crippen LogP) is 0.190. The van der Waals surface area contributed by atoms with Crippen molar-refractivity contribution in [3.63, 3.8) is 0 Å². The molecule has 6 nitrogen and oxygen atoms in total. The molecule has 0 aromatic rings. The Kier molecular flexibility index (Phi) is 4.90. The zero-order valence-electron chi connectivity index (χ0n) is 12.2. The lowest BCUT2D eigenvalue weighted by molar-refractivity contribution is -0.121. The first-order valence-electron chi connectivity index (χ1n) is 7.91. The van der Waals surface area contributed by atoms with Gasteiger partial charge in [-0.3, -0.25) is 4.79 Å². The second-order valence-electron chi connectivity index (χ2n) is 6.12. The molecule has 0 spiro atoms. The Balaban J connectivity index is 1.29. The number of hydrogen-bond acceptors (Lipinski definition) is 4. The van der Waals surface area contributed by atoms with Crippen LogP contribution >= 0.6 is 11.8 Å². The van der Waals surface area contributed by atoms with E-state index in [-0.39, 0.29) is 18.0 Å². The predicted molar refractivity (Wildman–Crippen MR) is 83.4 cm³/mol. The third-order valence-electron chi connectivity index (χ3n) is 4.51. The van der Waals surface area contributed by atoms with Gasteiger partial charge in [0.25, 0.3) is 0 Å². The summed E-state index contributed by atoms with van der Waals surface area (Å²) in [5.74, 6) is 1.18. The van der Waals surface area contributed by atoms with E-state index < -0.39 is 0 Å². The SMILES string of the molecule is O=C(CCCC[C@@H]1SC[C@@H]2NC(=O)N[C@@H]21)N[C@@H]1CCNC1. The van der Waals surface area contributed by atoms with E-state index in [1.165, 1.54) is 0 Å². The molecule has 3 aliphatic heterocycles. The largest absolute Gasteiger partial charge is 0.352 e. The van der Waals surface area contributed by atoms with Crippen LogP contribution in [-0.4, -0.2) is 54.2 Å². The summed E-state index contributed by atoms with van der Waals surface area (Å²) in [6.45, 7) is 1.91. The van der Waals surface area contributed by atoms with E-state index in [2.05, 4.69) is 21.3 Å². The van der Waals surface area contributed by atoms with E-state index in [9.17, 15) is 9.59 Å². The fourth-order valence-corrected chi connectivity index (χ4v) is 4.90. The molecule has 3 rings (SSSR count). The standard InChI is InChI=1S/C14H24N4O2S/c19-12(16-9-5-6-15-7-9)4-2-1-3-11-13-10(8-21-11)17-14(20)18-13/h9-11,13,15H,1-8H2,(H,16,19)(H2,17,18,20)/t9-,10+,11+,13+/m1/s1. The Morgan fingerprint density at radius 3 is 3.05 bits per heavy atom. The van der Waals surface area contributed by atoms with E-state index in [1.807, 2.05) is 11.8 Å². The van der Waals surface area contributed by atoms with Gasteiger partial charge in [-0.1, -0.05) is 6.42 Å². The molecular formula is C14H24N4O2S. The van der Waals surface area contributed by atoms with Crippen LogP contribution in [0.1, 0.15) is 32.1 Å². The van der Waals surface area contributed by atoms with Gasteiger partial charge in [0.15, 0.2) is 0 Å². The summed E-state index contributed by atoms with van der Waals surface area (Å²) in [6, 6.07) is 0.870. The molecule has 21 heavy (non-hydrogen) atoms. The summed E-state index contributed by atoms with van der Waals surface area (Å²) in [5, 5.41) is 12.8. The highest BCUT2D eigenvalue weighted by atomic mass is 32.2. The lowest BCUT2D eigenvalue weighted by Gasteiger charge is -2.16. The monoisotopic (exact) mass is 312 g/mol. The van der Waals surface area contributed by atoms with E-state index in [0.717, 1.165) is 44.5 Å². The Morgan fingerprint density at radius 1 is 1.33 bits per heavy atom. The van der Waals surface area contributed by atoms with Crippen molar-refractivity contribution in [2.24, 2.45) is 0 Å².